The summed E-state index contributed by atoms with van der Waals surface area (Å²) >= 11 is 0. The zero-order chi connectivity index (χ0) is 11.9. The number of rotatable bonds is 2. The number of ketones is 1. The van der Waals surface area contributed by atoms with Crippen molar-refractivity contribution in [3.8, 4) is 0 Å². The van der Waals surface area contributed by atoms with E-state index in [0.29, 0.717) is 5.52 Å². The van der Waals surface area contributed by atoms with E-state index in [-0.39, 0.29) is 16.6 Å². The first-order valence-corrected chi connectivity index (χ1v) is 4.56. The highest BCUT2D eigenvalue weighted by Gasteiger charge is 2.20. The van der Waals surface area contributed by atoms with Gasteiger partial charge in [-0.05, 0) is 18.2 Å². The number of nitrogens with one attached hydrogen (secondary N) is 1. The number of aromatic carboxylic acids is 1. The molecule has 2 aromatic rings. The smallest absolute Gasteiger partial charge is 0.338 e. The molecule has 82 valence electrons. The van der Waals surface area contributed by atoms with Gasteiger partial charge in [-0.1, -0.05) is 0 Å². The van der Waals surface area contributed by atoms with Crippen molar-refractivity contribution in [2.45, 2.75) is 6.92 Å². The predicted molar refractivity (Wildman–Crippen MR) is 55.2 cm³/mol. The Labute approximate surface area is 89.7 Å². The van der Waals surface area contributed by atoms with Gasteiger partial charge in [0, 0.05) is 17.8 Å². The summed E-state index contributed by atoms with van der Waals surface area (Å²) in [5.41, 5.74) is 0.249. The largest absolute Gasteiger partial charge is 0.478 e. The molecule has 0 unspecified atom stereocenters. The molecule has 0 saturated carbocycles. The molecule has 0 fully saturated rings. The molecule has 5 heteroatoms. The van der Waals surface area contributed by atoms with Crippen molar-refractivity contribution in [3.63, 3.8) is 0 Å². The predicted octanol–water partition coefficient (Wildman–Crippen LogP) is 2.21. The second-order valence-electron chi connectivity index (χ2n) is 3.43. The van der Waals surface area contributed by atoms with Crippen molar-refractivity contribution in [2.75, 3.05) is 0 Å². The van der Waals surface area contributed by atoms with E-state index in [1.807, 2.05) is 0 Å². The Morgan fingerprint density at radius 1 is 1.38 bits per heavy atom. The highest BCUT2D eigenvalue weighted by atomic mass is 19.1. The molecule has 4 nitrogen and oxygen atoms in total. The molecule has 0 amide bonds. The maximum atomic E-state index is 13.0. The number of benzene rings is 1. The maximum absolute atomic E-state index is 13.0. The van der Waals surface area contributed by atoms with Gasteiger partial charge in [-0.25, -0.2) is 9.18 Å². The number of halogens is 1. The van der Waals surface area contributed by atoms with Crippen LogP contribution < -0.4 is 0 Å². The van der Waals surface area contributed by atoms with Crippen LogP contribution in [0.1, 0.15) is 27.8 Å². The average molecular weight is 221 g/mol. The molecular weight excluding hydrogens is 213 g/mol. The Bertz CT molecular complexity index is 601. The van der Waals surface area contributed by atoms with Crippen LogP contribution in [0.5, 0.6) is 0 Å². The van der Waals surface area contributed by atoms with E-state index in [9.17, 15) is 14.0 Å². The Morgan fingerprint density at radius 2 is 2.06 bits per heavy atom. The SMILES string of the molecule is CC(=O)c1[nH]c2ccc(F)cc2c1C(=O)O. The standard InChI is InChI=1S/C11H8FNO3/c1-5(14)10-9(11(15)16)7-4-6(12)2-3-8(7)13-10/h2-4,13H,1H3,(H,15,16). The Balaban J connectivity index is 2.88. The molecule has 0 atom stereocenters. The van der Waals surface area contributed by atoms with E-state index in [4.69, 9.17) is 5.11 Å². The van der Waals surface area contributed by atoms with Crippen LogP contribution in [0.25, 0.3) is 10.9 Å². The molecule has 0 radical (unpaired) electrons. The number of hydrogen-bond acceptors (Lipinski definition) is 2. The summed E-state index contributed by atoms with van der Waals surface area (Å²) in [7, 11) is 0. The maximum Gasteiger partial charge on any atom is 0.338 e. The first kappa shape index (κ1) is 10.4. The molecule has 0 aliphatic rings. The number of carbonyl (C=O) groups excluding carboxylic acids is 1. The number of aromatic amines is 1. The van der Waals surface area contributed by atoms with Crippen molar-refractivity contribution in [3.05, 3.63) is 35.3 Å². The molecule has 0 bridgehead atoms. The Morgan fingerprint density at radius 3 is 2.62 bits per heavy atom. The number of carboxylic acids is 1. The number of fused-ring (bicyclic) bond motifs is 1. The molecule has 1 aromatic heterocycles. The minimum Gasteiger partial charge on any atom is -0.478 e. The summed E-state index contributed by atoms with van der Waals surface area (Å²) in [5.74, 6) is -2.18. The summed E-state index contributed by atoms with van der Waals surface area (Å²) < 4.78 is 13.0. The molecule has 0 aliphatic heterocycles. The van der Waals surface area contributed by atoms with E-state index >= 15 is 0 Å². The van der Waals surface area contributed by atoms with Gasteiger partial charge in [0.25, 0.3) is 0 Å². The quantitative estimate of drug-likeness (QED) is 0.764. The topological polar surface area (TPSA) is 70.2 Å². The van der Waals surface area contributed by atoms with E-state index < -0.39 is 17.6 Å². The van der Waals surface area contributed by atoms with Crippen LogP contribution in [-0.4, -0.2) is 21.8 Å². The third kappa shape index (κ3) is 1.46. The molecule has 2 N–H and O–H groups in total. The lowest BCUT2D eigenvalue weighted by Crippen LogP contribution is -2.04. The second-order valence-corrected chi connectivity index (χ2v) is 3.43. The van der Waals surface area contributed by atoms with Crippen LogP contribution >= 0.6 is 0 Å². The summed E-state index contributed by atoms with van der Waals surface area (Å²) in [5, 5.41) is 9.20. The van der Waals surface area contributed by atoms with E-state index in [1.54, 1.807) is 0 Å². The summed E-state index contributed by atoms with van der Waals surface area (Å²) in [6.45, 7) is 1.26. The van der Waals surface area contributed by atoms with Crippen LogP contribution in [-0.2, 0) is 0 Å². The molecule has 0 aliphatic carbocycles. The number of carboxylic acid groups (broad SMARTS) is 1. The highest BCUT2D eigenvalue weighted by molar-refractivity contribution is 6.13. The van der Waals surface area contributed by atoms with Gasteiger partial charge < -0.3 is 10.1 Å². The monoisotopic (exact) mass is 221 g/mol. The van der Waals surface area contributed by atoms with Crippen LogP contribution in [0, 0.1) is 5.82 Å². The Hall–Kier alpha value is -2.17. The number of Topliss-reactive ketones (excluding diaryl/α,β-unsaturated/α-hetero) is 1. The lowest BCUT2D eigenvalue weighted by molar-refractivity contribution is 0.0694. The first-order chi connectivity index (χ1) is 7.50. The Kier molecular flexibility index (Phi) is 2.23. The zero-order valence-electron chi connectivity index (χ0n) is 8.37. The molecule has 2 rings (SSSR count). The van der Waals surface area contributed by atoms with Gasteiger partial charge in [0.1, 0.15) is 5.82 Å². The number of hydrogen-bond donors (Lipinski definition) is 2. The van der Waals surface area contributed by atoms with Gasteiger partial charge in [-0.2, -0.15) is 0 Å². The minimum absolute atomic E-state index is 0.00639. The van der Waals surface area contributed by atoms with Crippen molar-refractivity contribution in [1.82, 2.24) is 4.98 Å². The number of aromatic nitrogens is 1. The van der Waals surface area contributed by atoms with Crippen LogP contribution in [0.2, 0.25) is 0 Å². The van der Waals surface area contributed by atoms with Crippen LogP contribution in [0.4, 0.5) is 4.39 Å². The van der Waals surface area contributed by atoms with E-state index in [1.165, 1.54) is 19.1 Å². The lowest BCUT2D eigenvalue weighted by atomic mass is 10.1. The fourth-order valence-electron chi connectivity index (χ4n) is 1.65. The zero-order valence-corrected chi connectivity index (χ0v) is 8.37. The minimum atomic E-state index is -1.25. The van der Waals surface area contributed by atoms with Crippen molar-refractivity contribution in [2.24, 2.45) is 0 Å². The second kappa shape index (κ2) is 3.44. The van der Waals surface area contributed by atoms with Gasteiger partial charge in [0.2, 0.25) is 0 Å². The third-order valence-corrected chi connectivity index (χ3v) is 2.33. The van der Waals surface area contributed by atoms with Crippen molar-refractivity contribution in [1.29, 1.82) is 0 Å². The molecule has 0 spiro atoms. The van der Waals surface area contributed by atoms with E-state index in [2.05, 4.69) is 4.98 Å². The summed E-state index contributed by atoms with van der Waals surface area (Å²) in [6.07, 6.45) is 0. The van der Waals surface area contributed by atoms with Crippen LogP contribution in [0.3, 0.4) is 0 Å². The fourth-order valence-corrected chi connectivity index (χ4v) is 1.65. The average Bonchev–Trinajstić information content (AvgIpc) is 2.55. The third-order valence-electron chi connectivity index (χ3n) is 2.33. The molecule has 16 heavy (non-hydrogen) atoms. The first-order valence-electron chi connectivity index (χ1n) is 4.56. The summed E-state index contributed by atoms with van der Waals surface area (Å²) in [4.78, 5) is 24.9. The van der Waals surface area contributed by atoms with Gasteiger partial charge in [-0.3, -0.25) is 4.79 Å². The number of carbonyl (C=O) groups is 2. The normalized spacial score (nSPS) is 10.6. The van der Waals surface area contributed by atoms with Crippen LogP contribution in [0.15, 0.2) is 18.2 Å². The molecule has 1 aromatic carbocycles. The molecular formula is C11H8FNO3. The molecule has 1 heterocycles. The van der Waals surface area contributed by atoms with E-state index in [0.717, 1.165) is 6.07 Å². The molecule has 0 saturated heterocycles. The summed E-state index contributed by atoms with van der Waals surface area (Å²) in [6, 6.07) is 3.71. The lowest BCUT2D eigenvalue weighted by Gasteiger charge is -1.94. The van der Waals surface area contributed by atoms with Crippen molar-refractivity contribution < 1.29 is 19.1 Å². The number of H-pyrrole nitrogens is 1. The highest BCUT2D eigenvalue weighted by Crippen LogP contribution is 2.23. The van der Waals surface area contributed by atoms with Gasteiger partial charge >= 0.3 is 5.97 Å². The van der Waals surface area contributed by atoms with Crippen molar-refractivity contribution >= 4 is 22.7 Å². The van der Waals surface area contributed by atoms with Gasteiger partial charge in [0.15, 0.2) is 5.78 Å². The van der Waals surface area contributed by atoms with Gasteiger partial charge in [0.05, 0.1) is 11.3 Å². The fraction of sp³-hybridized carbons (Fsp3) is 0.0909. The van der Waals surface area contributed by atoms with Gasteiger partial charge in [-0.15, -0.1) is 0 Å².